The zero-order chi connectivity index (χ0) is 29.4. The summed E-state index contributed by atoms with van der Waals surface area (Å²) in [5.74, 6) is -0.130. The van der Waals surface area contributed by atoms with Gasteiger partial charge in [-0.2, -0.15) is 5.10 Å². The maximum absolute atomic E-state index is 13.7. The molecule has 2 aliphatic heterocycles. The van der Waals surface area contributed by atoms with Gasteiger partial charge >= 0.3 is 6.09 Å². The fraction of sp³-hybridized carbons (Fsp3) is 0.267. The molecule has 3 aliphatic rings. The molecule has 2 N–H and O–H groups in total. The lowest BCUT2D eigenvalue weighted by Gasteiger charge is -2.27. The fourth-order valence-electron chi connectivity index (χ4n) is 5.23. The van der Waals surface area contributed by atoms with Crippen LogP contribution in [0.3, 0.4) is 0 Å². The highest BCUT2D eigenvalue weighted by Gasteiger charge is 2.39. The number of nitrogens with zero attached hydrogens (tertiary/aromatic N) is 4. The minimum Gasteiger partial charge on any atom is -0.453 e. The van der Waals surface area contributed by atoms with E-state index in [-0.39, 0.29) is 18.3 Å². The first-order valence-electron chi connectivity index (χ1n) is 13.4. The Balaban J connectivity index is 1.24. The second-order valence-corrected chi connectivity index (χ2v) is 11.3. The van der Waals surface area contributed by atoms with Crippen LogP contribution in [0.25, 0.3) is 16.9 Å². The van der Waals surface area contributed by atoms with Crippen LogP contribution in [-0.4, -0.2) is 58.4 Å². The summed E-state index contributed by atoms with van der Waals surface area (Å²) in [5, 5.41) is 10.6. The molecule has 1 saturated heterocycles. The van der Waals surface area contributed by atoms with E-state index in [0.29, 0.717) is 42.2 Å². The van der Waals surface area contributed by atoms with Crippen LogP contribution in [0.15, 0.2) is 87.6 Å². The maximum Gasteiger partial charge on any atom is 0.413 e. The van der Waals surface area contributed by atoms with Gasteiger partial charge in [-0.15, -0.1) is 0 Å². The van der Waals surface area contributed by atoms with Gasteiger partial charge in [0.2, 0.25) is 5.96 Å². The summed E-state index contributed by atoms with van der Waals surface area (Å²) in [6.07, 6.45) is 5.93. The van der Waals surface area contributed by atoms with Gasteiger partial charge in [0, 0.05) is 34.0 Å². The third kappa shape index (κ3) is 5.47. The number of allylic oxidation sites excluding steroid dienone is 1. The maximum atomic E-state index is 13.7. The summed E-state index contributed by atoms with van der Waals surface area (Å²) in [7, 11) is 1.30. The Morgan fingerprint density at radius 1 is 1.24 bits per heavy atom. The predicted molar refractivity (Wildman–Crippen MR) is 157 cm³/mol. The van der Waals surface area contributed by atoms with Crippen LogP contribution in [0.4, 0.5) is 9.18 Å². The molecular weight excluding hydrogens is 607 g/mol. The zero-order valence-electron chi connectivity index (χ0n) is 22.9. The van der Waals surface area contributed by atoms with Crippen molar-refractivity contribution < 1.29 is 23.5 Å². The largest absolute Gasteiger partial charge is 0.453 e. The number of aromatic nitrogens is 2. The van der Waals surface area contributed by atoms with Gasteiger partial charge in [0.15, 0.2) is 6.23 Å². The van der Waals surface area contributed by atoms with Gasteiger partial charge in [0.25, 0.3) is 5.91 Å². The Labute approximate surface area is 250 Å². The van der Waals surface area contributed by atoms with Crippen molar-refractivity contribution in [2.24, 2.45) is 4.99 Å². The molecule has 6 rings (SSSR count). The van der Waals surface area contributed by atoms with Crippen molar-refractivity contribution in [3.8, 4) is 16.9 Å². The van der Waals surface area contributed by atoms with Crippen LogP contribution < -0.4 is 10.6 Å². The van der Waals surface area contributed by atoms with Crippen molar-refractivity contribution in [1.82, 2.24) is 25.3 Å². The highest BCUT2D eigenvalue weighted by molar-refractivity contribution is 9.10. The number of aliphatic imine (C=N–C) groups is 1. The highest BCUT2D eigenvalue weighted by atomic mass is 79.9. The van der Waals surface area contributed by atoms with E-state index in [0.717, 1.165) is 21.4 Å². The Hall–Kier alpha value is -4.29. The smallest absolute Gasteiger partial charge is 0.413 e. The van der Waals surface area contributed by atoms with E-state index < -0.39 is 17.9 Å². The second kappa shape index (κ2) is 11.2. The number of guanidine groups is 1. The molecule has 3 heterocycles. The summed E-state index contributed by atoms with van der Waals surface area (Å²) < 4.78 is 27.1. The molecule has 42 heavy (non-hydrogen) atoms. The molecule has 0 saturated carbocycles. The number of hydrogen-bond donors (Lipinski definition) is 2. The average Bonchev–Trinajstić information content (AvgIpc) is 3.66. The number of ether oxygens (including phenoxy) is 2. The highest BCUT2D eigenvalue weighted by Crippen LogP contribution is 2.37. The van der Waals surface area contributed by atoms with Gasteiger partial charge in [0.1, 0.15) is 23.7 Å². The van der Waals surface area contributed by atoms with Crippen LogP contribution in [-0.2, 0) is 14.3 Å². The van der Waals surface area contributed by atoms with Crippen molar-refractivity contribution in [3.63, 3.8) is 0 Å². The number of amides is 2. The van der Waals surface area contributed by atoms with Gasteiger partial charge in [-0.3, -0.25) is 10.1 Å². The van der Waals surface area contributed by atoms with Crippen molar-refractivity contribution in [1.29, 1.82) is 0 Å². The van der Waals surface area contributed by atoms with E-state index in [1.807, 2.05) is 43.5 Å². The number of rotatable bonds is 6. The van der Waals surface area contributed by atoms with Gasteiger partial charge in [0.05, 0.1) is 12.8 Å². The normalized spacial score (nSPS) is 21.3. The molecule has 2 unspecified atom stereocenters. The SMILES string of the molecule is COC(=O)NC1=NC2(C)CC=C(CCN3C(=O)COC3c3cn(-c4ccc(Br)cc4)nc3-c3ccc(F)cc3)C=C2N1. The molecule has 216 valence electrons. The summed E-state index contributed by atoms with van der Waals surface area (Å²) in [6.45, 7) is 2.35. The van der Waals surface area contributed by atoms with Crippen molar-refractivity contribution >= 4 is 33.9 Å². The van der Waals surface area contributed by atoms with Crippen molar-refractivity contribution in [2.45, 2.75) is 31.5 Å². The third-order valence-corrected chi connectivity index (χ3v) is 8.04. The monoisotopic (exact) mass is 634 g/mol. The standard InChI is InChI=1S/C30H28BrFN6O4/c1-30-13-11-18(15-24(30)33-28(35-30)34-29(40)41-2)12-14-37-25(39)17-42-27(37)23-16-38(22-9-5-20(31)6-10-22)36-26(23)19-3-7-21(32)8-4-19/h3-11,15-16,27H,12-14,17H2,1-2H3,(H2,33,34,35,40). The van der Waals surface area contributed by atoms with E-state index >= 15 is 0 Å². The van der Waals surface area contributed by atoms with Gasteiger partial charge in [-0.25, -0.2) is 18.9 Å². The predicted octanol–water partition coefficient (Wildman–Crippen LogP) is 4.98. The van der Waals surface area contributed by atoms with E-state index in [4.69, 9.17) is 9.84 Å². The number of nitrogens with one attached hydrogen (secondary N) is 2. The van der Waals surface area contributed by atoms with Crippen LogP contribution in [0.1, 0.15) is 31.6 Å². The van der Waals surface area contributed by atoms with Crippen LogP contribution in [0, 0.1) is 5.82 Å². The third-order valence-electron chi connectivity index (χ3n) is 7.52. The van der Waals surface area contributed by atoms with E-state index in [9.17, 15) is 14.0 Å². The second-order valence-electron chi connectivity index (χ2n) is 10.4. The van der Waals surface area contributed by atoms with Crippen LogP contribution in [0.2, 0.25) is 0 Å². The number of methoxy groups -OCH3 is 1. The first-order chi connectivity index (χ1) is 20.2. The molecule has 1 aliphatic carbocycles. The van der Waals surface area contributed by atoms with Crippen LogP contribution >= 0.6 is 15.9 Å². The molecule has 1 aromatic heterocycles. The van der Waals surface area contributed by atoms with Crippen molar-refractivity contribution in [3.05, 3.63) is 94.0 Å². The molecule has 3 aromatic rings. The van der Waals surface area contributed by atoms with E-state index in [1.165, 1.54) is 19.2 Å². The van der Waals surface area contributed by atoms with Gasteiger partial charge in [-0.05, 0) is 79.9 Å². The molecule has 0 bridgehead atoms. The lowest BCUT2D eigenvalue weighted by Crippen LogP contribution is -2.38. The van der Waals surface area contributed by atoms with Gasteiger partial charge in [-0.1, -0.05) is 22.0 Å². The molecule has 2 atom stereocenters. The summed E-state index contributed by atoms with van der Waals surface area (Å²) in [5.41, 5.74) is 4.25. The topological polar surface area (TPSA) is 110 Å². The molecule has 12 heteroatoms. The average molecular weight is 635 g/mol. The Morgan fingerprint density at radius 3 is 2.74 bits per heavy atom. The minimum atomic E-state index is -0.660. The quantitative estimate of drug-likeness (QED) is 0.396. The summed E-state index contributed by atoms with van der Waals surface area (Å²) in [6, 6.07) is 13.8. The molecule has 0 radical (unpaired) electrons. The Morgan fingerprint density at radius 2 is 2.00 bits per heavy atom. The van der Waals surface area contributed by atoms with Gasteiger partial charge < -0.3 is 19.7 Å². The van der Waals surface area contributed by atoms with Crippen LogP contribution in [0.5, 0.6) is 0 Å². The lowest BCUT2D eigenvalue weighted by atomic mass is 9.87. The fourth-order valence-corrected chi connectivity index (χ4v) is 5.49. The number of alkyl carbamates (subject to hydrolysis) is 1. The number of carbonyl (C=O) groups excluding carboxylic acids is 2. The molecule has 2 amide bonds. The Bertz CT molecular complexity index is 1630. The minimum absolute atomic E-state index is 0.0485. The van der Waals surface area contributed by atoms with E-state index in [2.05, 4.69) is 42.4 Å². The zero-order valence-corrected chi connectivity index (χ0v) is 24.5. The molecule has 10 nitrogen and oxygen atoms in total. The van der Waals surface area contributed by atoms with E-state index in [1.54, 1.807) is 21.7 Å². The van der Waals surface area contributed by atoms with Crippen molar-refractivity contribution in [2.75, 3.05) is 20.3 Å². The number of carbonyl (C=O) groups is 2. The number of fused-ring (bicyclic) bond motifs is 1. The number of benzene rings is 2. The first kappa shape index (κ1) is 27.9. The molecular formula is C30H28BrFN6O4. The number of hydrogen-bond acceptors (Lipinski definition) is 7. The summed E-state index contributed by atoms with van der Waals surface area (Å²) in [4.78, 5) is 31.0. The molecule has 0 spiro atoms. The molecule has 1 fully saturated rings. The Kier molecular flexibility index (Phi) is 7.42. The summed E-state index contributed by atoms with van der Waals surface area (Å²) >= 11 is 3.46. The lowest BCUT2D eigenvalue weighted by molar-refractivity contribution is -0.128. The first-order valence-corrected chi connectivity index (χ1v) is 14.2. The number of halogens is 2. The molecule has 2 aromatic carbocycles.